The molecule has 0 saturated carbocycles. The van der Waals surface area contributed by atoms with Gasteiger partial charge in [0.25, 0.3) is 10.0 Å². The Hall–Kier alpha value is -0.760. The molecule has 0 amide bonds. The Morgan fingerprint density at radius 2 is 2.11 bits per heavy atom. The third kappa shape index (κ3) is 3.62. The number of halogens is 1. The SMILES string of the molecule is CNC1CCCN(S(=O)(=O)c2ccc(C)nn2)C1.Cl. The van der Waals surface area contributed by atoms with Gasteiger partial charge in [-0.15, -0.1) is 17.5 Å². The van der Waals surface area contributed by atoms with Crippen molar-refractivity contribution in [3.63, 3.8) is 0 Å². The summed E-state index contributed by atoms with van der Waals surface area (Å²) < 4.78 is 26.2. The number of piperidine rings is 1. The van der Waals surface area contributed by atoms with E-state index >= 15 is 0 Å². The summed E-state index contributed by atoms with van der Waals surface area (Å²) in [6.45, 7) is 2.83. The molecule has 0 bridgehead atoms. The molecule has 0 aromatic carbocycles. The first kappa shape index (κ1) is 16.3. The summed E-state index contributed by atoms with van der Waals surface area (Å²) in [5.41, 5.74) is 0.709. The van der Waals surface area contributed by atoms with Gasteiger partial charge < -0.3 is 5.32 Å². The second-order valence-electron chi connectivity index (χ2n) is 4.50. The van der Waals surface area contributed by atoms with E-state index in [9.17, 15) is 8.42 Å². The normalized spacial score (nSPS) is 20.8. The number of rotatable bonds is 3. The first-order valence-corrected chi connectivity index (χ1v) is 7.46. The molecule has 108 valence electrons. The minimum absolute atomic E-state index is 0. The standard InChI is InChI=1S/C11H18N4O2S.ClH/c1-9-5-6-11(14-13-9)18(16,17)15-7-3-4-10(8-15)12-2;/h5-6,10,12H,3-4,7-8H2,1-2H3;1H. The van der Waals surface area contributed by atoms with Gasteiger partial charge >= 0.3 is 0 Å². The van der Waals surface area contributed by atoms with Gasteiger partial charge in [0.1, 0.15) is 0 Å². The van der Waals surface area contributed by atoms with E-state index in [1.807, 2.05) is 7.05 Å². The molecule has 0 radical (unpaired) electrons. The first-order valence-electron chi connectivity index (χ1n) is 6.02. The Balaban J connectivity index is 0.00000180. The maximum Gasteiger partial charge on any atom is 0.262 e. The highest BCUT2D eigenvalue weighted by Gasteiger charge is 2.30. The Morgan fingerprint density at radius 3 is 2.68 bits per heavy atom. The van der Waals surface area contributed by atoms with Crippen LogP contribution in [-0.2, 0) is 10.0 Å². The molecule has 1 fully saturated rings. The van der Waals surface area contributed by atoms with Crippen LogP contribution < -0.4 is 5.32 Å². The zero-order valence-corrected chi connectivity index (χ0v) is 12.7. The van der Waals surface area contributed by atoms with E-state index in [1.54, 1.807) is 13.0 Å². The third-order valence-electron chi connectivity index (χ3n) is 3.17. The van der Waals surface area contributed by atoms with Crippen LogP contribution in [-0.4, -0.2) is 49.1 Å². The van der Waals surface area contributed by atoms with Gasteiger partial charge in [0.2, 0.25) is 0 Å². The fraction of sp³-hybridized carbons (Fsp3) is 0.636. The number of hydrogen-bond acceptors (Lipinski definition) is 5. The molecular formula is C11H19ClN4O2S. The Bertz CT molecular complexity index is 506. The van der Waals surface area contributed by atoms with Crippen LogP contribution in [0.15, 0.2) is 17.2 Å². The van der Waals surface area contributed by atoms with Crippen LogP contribution in [0.4, 0.5) is 0 Å². The smallest absolute Gasteiger partial charge is 0.262 e. The maximum atomic E-state index is 12.4. The van der Waals surface area contributed by atoms with Crippen LogP contribution in [0.3, 0.4) is 0 Å². The molecule has 0 aliphatic carbocycles. The summed E-state index contributed by atoms with van der Waals surface area (Å²) in [4.78, 5) is 0. The second-order valence-corrected chi connectivity index (χ2v) is 6.39. The first-order chi connectivity index (χ1) is 8.54. The summed E-state index contributed by atoms with van der Waals surface area (Å²) in [5, 5.41) is 10.7. The molecule has 1 N–H and O–H groups in total. The lowest BCUT2D eigenvalue weighted by Crippen LogP contribution is -2.47. The summed E-state index contributed by atoms with van der Waals surface area (Å²) >= 11 is 0. The molecular weight excluding hydrogens is 288 g/mol. The topological polar surface area (TPSA) is 75.2 Å². The molecule has 1 aliphatic rings. The molecule has 1 aliphatic heterocycles. The predicted molar refractivity (Wildman–Crippen MR) is 74.9 cm³/mol. The molecule has 1 aromatic rings. The Labute approximate surface area is 120 Å². The van der Waals surface area contributed by atoms with Crippen LogP contribution in [0.5, 0.6) is 0 Å². The van der Waals surface area contributed by atoms with Crippen molar-refractivity contribution in [1.29, 1.82) is 0 Å². The number of likely N-dealkylation sites (N-methyl/N-ethyl adjacent to an activating group) is 1. The highest BCUT2D eigenvalue weighted by Crippen LogP contribution is 2.18. The van der Waals surface area contributed by atoms with Gasteiger partial charge in [-0.3, -0.25) is 0 Å². The number of aromatic nitrogens is 2. The molecule has 2 rings (SSSR count). The number of aryl methyl sites for hydroxylation is 1. The number of hydrogen-bond donors (Lipinski definition) is 1. The molecule has 1 saturated heterocycles. The van der Waals surface area contributed by atoms with Crippen LogP contribution in [0.1, 0.15) is 18.5 Å². The molecule has 8 heteroatoms. The van der Waals surface area contributed by atoms with Gasteiger partial charge in [0, 0.05) is 19.1 Å². The van der Waals surface area contributed by atoms with E-state index in [-0.39, 0.29) is 23.5 Å². The Kier molecular flexibility index (Phi) is 5.66. The lowest BCUT2D eigenvalue weighted by atomic mass is 10.1. The lowest BCUT2D eigenvalue weighted by molar-refractivity contribution is 0.292. The lowest BCUT2D eigenvalue weighted by Gasteiger charge is -2.31. The van der Waals surface area contributed by atoms with Crippen molar-refractivity contribution >= 4 is 22.4 Å². The predicted octanol–water partition coefficient (Wildman–Crippen LogP) is 0.579. The molecule has 1 unspecified atom stereocenters. The fourth-order valence-electron chi connectivity index (χ4n) is 2.05. The van der Waals surface area contributed by atoms with Crippen LogP contribution in [0.2, 0.25) is 0 Å². The molecule has 19 heavy (non-hydrogen) atoms. The van der Waals surface area contributed by atoms with Crippen molar-refractivity contribution in [3.05, 3.63) is 17.8 Å². The van der Waals surface area contributed by atoms with Crippen molar-refractivity contribution in [2.75, 3.05) is 20.1 Å². The van der Waals surface area contributed by atoms with E-state index in [1.165, 1.54) is 10.4 Å². The zero-order valence-electron chi connectivity index (χ0n) is 11.0. The minimum Gasteiger partial charge on any atom is -0.316 e. The zero-order chi connectivity index (χ0) is 13.2. The maximum absolute atomic E-state index is 12.4. The molecule has 2 heterocycles. The van der Waals surface area contributed by atoms with Gasteiger partial charge in [0.05, 0.1) is 5.69 Å². The van der Waals surface area contributed by atoms with E-state index in [2.05, 4.69) is 15.5 Å². The highest BCUT2D eigenvalue weighted by atomic mass is 35.5. The third-order valence-corrected chi connectivity index (χ3v) is 4.93. The summed E-state index contributed by atoms with van der Waals surface area (Å²) in [6, 6.07) is 3.40. The number of nitrogens with one attached hydrogen (secondary N) is 1. The largest absolute Gasteiger partial charge is 0.316 e. The van der Waals surface area contributed by atoms with E-state index in [0.29, 0.717) is 18.8 Å². The minimum atomic E-state index is -3.50. The van der Waals surface area contributed by atoms with Crippen molar-refractivity contribution < 1.29 is 8.42 Å². The highest BCUT2D eigenvalue weighted by molar-refractivity contribution is 7.89. The Morgan fingerprint density at radius 1 is 1.37 bits per heavy atom. The van der Waals surface area contributed by atoms with Crippen molar-refractivity contribution in [1.82, 2.24) is 19.8 Å². The van der Waals surface area contributed by atoms with Gasteiger partial charge in [-0.05, 0) is 38.9 Å². The van der Waals surface area contributed by atoms with Gasteiger partial charge in [-0.1, -0.05) is 0 Å². The quantitative estimate of drug-likeness (QED) is 0.884. The van der Waals surface area contributed by atoms with Crippen molar-refractivity contribution in [2.24, 2.45) is 0 Å². The number of sulfonamides is 1. The summed E-state index contributed by atoms with van der Waals surface area (Å²) in [7, 11) is -1.65. The van der Waals surface area contributed by atoms with E-state index in [0.717, 1.165) is 12.8 Å². The van der Waals surface area contributed by atoms with E-state index in [4.69, 9.17) is 0 Å². The van der Waals surface area contributed by atoms with Gasteiger partial charge in [-0.25, -0.2) is 8.42 Å². The monoisotopic (exact) mass is 306 g/mol. The van der Waals surface area contributed by atoms with Crippen LogP contribution in [0, 0.1) is 6.92 Å². The molecule has 1 aromatic heterocycles. The summed E-state index contributed by atoms with van der Waals surface area (Å²) in [6.07, 6.45) is 1.87. The summed E-state index contributed by atoms with van der Waals surface area (Å²) in [5.74, 6) is 0. The van der Waals surface area contributed by atoms with Gasteiger partial charge in [0.15, 0.2) is 5.03 Å². The van der Waals surface area contributed by atoms with Gasteiger partial charge in [-0.2, -0.15) is 9.40 Å². The average molecular weight is 307 g/mol. The fourth-order valence-corrected chi connectivity index (χ4v) is 3.45. The number of nitrogens with zero attached hydrogens (tertiary/aromatic N) is 3. The van der Waals surface area contributed by atoms with E-state index < -0.39 is 10.0 Å². The molecule has 1 atom stereocenters. The molecule has 6 nitrogen and oxygen atoms in total. The van der Waals surface area contributed by atoms with Crippen molar-refractivity contribution in [2.45, 2.75) is 30.8 Å². The molecule has 0 spiro atoms. The van der Waals surface area contributed by atoms with Crippen molar-refractivity contribution in [3.8, 4) is 0 Å². The average Bonchev–Trinajstić information content (AvgIpc) is 2.39. The van der Waals surface area contributed by atoms with Crippen LogP contribution >= 0.6 is 12.4 Å². The van der Waals surface area contributed by atoms with Crippen LogP contribution in [0.25, 0.3) is 0 Å². The second kappa shape index (κ2) is 6.60.